The van der Waals surface area contributed by atoms with Gasteiger partial charge in [0.1, 0.15) is 0 Å². The number of benzene rings is 2. The van der Waals surface area contributed by atoms with E-state index in [-0.39, 0.29) is 11.6 Å². The van der Waals surface area contributed by atoms with Crippen molar-refractivity contribution in [3.05, 3.63) is 120 Å². The van der Waals surface area contributed by atoms with E-state index in [0.29, 0.717) is 5.56 Å². The zero-order chi connectivity index (χ0) is 23.1. The molecule has 0 unspecified atom stereocenters. The molecule has 32 heavy (non-hydrogen) atoms. The number of anilines is 1. The van der Waals surface area contributed by atoms with E-state index in [1.165, 1.54) is 0 Å². The minimum Gasteiger partial charge on any atom is -0.478 e. The van der Waals surface area contributed by atoms with E-state index in [0.717, 1.165) is 22.4 Å². The fraction of sp³-hybridized carbons (Fsp3) is 0.143. The standard InChI is InChI=1S/C28H29N2O2/c1-29(2)24-17-11-21(12-18-24)9-15-23(26-7-5-6-8-27(26)28(31)32)16-10-22-13-19-25(20-14-22)30(3)4/h5-20,24H,1H2,2-4H3,(H,31,32)/q-1/b16-10+,21-9?,23-15-. The molecule has 0 aliphatic heterocycles. The molecule has 4 nitrogen and oxygen atoms in total. The first-order chi connectivity index (χ1) is 15.3. The smallest absolute Gasteiger partial charge is 0.336 e. The molecule has 164 valence electrons. The molecule has 0 heterocycles. The Morgan fingerprint density at radius 3 is 2.16 bits per heavy atom. The number of carboxylic acid groups (broad SMARTS) is 1. The summed E-state index contributed by atoms with van der Waals surface area (Å²) in [5.41, 5.74) is 4.99. The second kappa shape index (κ2) is 10.6. The highest BCUT2D eigenvalue weighted by molar-refractivity contribution is 5.96. The summed E-state index contributed by atoms with van der Waals surface area (Å²) in [5, 5.41) is 9.68. The lowest BCUT2D eigenvalue weighted by Crippen LogP contribution is -2.22. The largest absolute Gasteiger partial charge is 0.478 e. The van der Waals surface area contributed by atoms with Gasteiger partial charge in [0, 0.05) is 25.8 Å². The molecule has 1 aliphatic rings. The number of hydrogen-bond acceptors (Lipinski definition) is 3. The second-order valence-electron chi connectivity index (χ2n) is 7.92. The fourth-order valence-corrected chi connectivity index (χ4v) is 3.36. The molecule has 0 spiro atoms. The van der Waals surface area contributed by atoms with Gasteiger partial charge in [0.25, 0.3) is 0 Å². The van der Waals surface area contributed by atoms with Crippen LogP contribution in [0.5, 0.6) is 0 Å². The number of aromatic carboxylic acids is 1. The third-order valence-electron chi connectivity index (χ3n) is 5.27. The summed E-state index contributed by atoms with van der Waals surface area (Å²) in [5.74, 6) is -0.943. The Morgan fingerprint density at radius 2 is 1.59 bits per heavy atom. The van der Waals surface area contributed by atoms with Gasteiger partial charge in [-0.25, -0.2) is 4.79 Å². The zero-order valence-electron chi connectivity index (χ0n) is 18.8. The van der Waals surface area contributed by atoms with Crippen molar-refractivity contribution in [1.82, 2.24) is 4.90 Å². The second-order valence-corrected chi connectivity index (χ2v) is 7.92. The SMILES string of the molecule is [CH2-]N(C)C1C=CC(=C/C=C(/C=C/c2ccc(N(C)C)cc2)c2ccccc2C(=O)O)C=C1. The number of carboxylic acids is 1. The average molecular weight is 426 g/mol. The molecule has 0 saturated heterocycles. The molecule has 1 aliphatic carbocycles. The van der Waals surface area contributed by atoms with Crippen LogP contribution < -0.4 is 4.90 Å². The Labute approximate surface area is 190 Å². The first kappa shape index (κ1) is 23.0. The number of allylic oxidation sites excluding steroid dienone is 7. The lowest BCUT2D eigenvalue weighted by molar-refractivity contribution is 0.0696. The van der Waals surface area contributed by atoms with E-state index in [9.17, 15) is 9.90 Å². The predicted molar refractivity (Wildman–Crippen MR) is 134 cm³/mol. The monoisotopic (exact) mass is 425 g/mol. The average Bonchev–Trinajstić information content (AvgIpc) is 2.79. The van der Waals surface area contributed by atoms with Gasteiger partial charge in [-0.3, -0.25) is 7.05 Å². The molecular weight excluding hydrogens is 396 g/mol. The van der Waals surface area contributed by atoms with Gasteiger partial charge < -0.3 is 14.9 Å². The molecular formula is C28H29N2O2-. The van der Waals surface area contributed by atoms with Gasteiger partial charge in [-0.1, -0.05) is 78.9 Å². The molecule has 0 bridgehead atoms. The first-order valence-electron chi connectivity index (χ1n) is 10.4. The van der Waals surface area contributed by atoms with Crippen molar-refractivity contribution >= 4 is 23.3 Å². The number of likely N-dealkylation sites (N-methyl/N-ethyl adjacent to an activating group) is 1. The Morgan fingerprint density at radius 1 is 0.969 bits per heavy atom. The van der Waals surface area contributed by atoms with Crippen molar-refractivity contribution in [2.75, 3.05) is 26.0 Å². The molecule has 4 heteroatoms. The van der Waals surface area contributed by atoms with Gasteiger partial charge in [0.15, 0.2) is 0 Å². The summed E-state index contributed by atoms with van der Waals surface area (Å²) in [6, 6.07) is 15.5. The van der Waals surface area contributed by atoms with Crippen LogP contribution in [-0.2, 0) is 0 Å². The highest BCUT2D eigenvalue weighted by atomic mass is 16.4. The fourth-order valence-electron chi connectivity index (χ4n) is 3.36. The zero-order valence-corrected chi connectivity index (χ0v) is 18.8. The Balaban J connectivity index is 1.96. The van der Waals surface area contributed by atoms with Crippen molar-refractivity contribution in [3.8, 4) is 0 Å². The molecule has 0 amide bonds. The summed E-state index contributed by atoms with van der Waals surface area (Å²) < 4.78 is 0. The van der Waals surface area contributed by atoms with Crippen LogP contribution in [0.4, 0.5) is 5.69 Å². The van der Waals surface area contributed by atoms with Crippen molar-refractivity contribution in [3.63, 3.8) is 0 Å². The minimum absolute atomic E-state index is 0.174. The van der Waals surface area contributed by atoms with E-state index >= 15 is 0 Å². The molecule has 3 rings (SSSR count). The molecule has 0 atom stereocenters. The molecule has 2 aromatic carbocycles. The van der Waals surface area contributed by atoms with Crippen LogP contribution in [0.1, 0.15) is 21.5 Å². The van der Waals surface area contributed by atoms with Crippen LogP contribution in [-0.4, -0.2) is 43.2 Å². The van der Waals surface area contributed by atoms with Gasteiger partial charge in [0.05, 0.1) is 5.56 Å². The summed E-state index contributed by atoms with van der Waals surface area (Å²) in [4.78, 5) is 15.7. The quantitative estimate of drug-likeness (QED) is 0.457. The Hall–Kier alpha value is -3.63. The van der Waals surface area contributed by atoms with Crippen LogP contribution in [0, 0.1) is 7.05 Å². The minimum atomic E-state index is -0.943. The van der Waals surface area contributed by atoms with Gasteiger partial charge in [-0.15, -0.1) is 0 Å². The van der Waals surface area contributed by atoms with Crippen LogP contribution >= 0.6 is 0 Å². The van der Waals surface area contributed by atoms with Gasteiger partial charge in [-0.2, -0.15) is 0 Å². The number of hydrogen-bond donors (Lipinski definition) is 1. The number of nitrogens with zero attached hydrogens (tertiary/aromatic N) is 2. The van der Waals surface area contributed by atoms with Gasteiger partial charge >= 0.3 is 5.97 Å². The maximum absolute atomic E-state index is 11.8. The topological polar surface area (TPSA) is 43.8 Å². The van der Waals surface area contributed by atoms with Crippen molar-refractivity contribution in [2.24, 2.45) is 0 Å². The lowest BCUT2D eigenvalue weighted by atomic mass is 9.97. The summed E-state index contributed by atoms with van der Waals surface area (Å²) in [6.45, 7) is 0. The highest BCUT2D eigenvalue weighted by Crippen LogP contribution is 2.24. The summed E-state index contributed by atoms with van der Waals surface area (Å²) in [6.07, 6.45) is 16.2. The maximum Gasteiger partial charge on any atom is 0.336 e. The molecule has 0 radical (unpaired) electrons. The van der Waals surface area contributed by atoms with E-state index < -0.39 is 5.97 Å². The lowest BCUT2D eigenvalue weighted by Gasteiger charge is -2.27. The van der Waals surface area contributed by atoms with Crippen LogP contribution in [0.2, 0.25) is 0 Å². The predicted octanol–water partition coefficient (Wildman–Crippen LogP) is 5.69. The number of carbonyl (C=O) groups is 1. The van der Waals surface area contributed by atoms with Crippen molar-refractivity contribution in [2.45, 2.75) is 6.04 Å². The van der Waals surface area contributed by atoms with Gasteiger partial charge in [0.2, 0.25) is 0 Å². The van der Waals surface area contributed by atoms with Crippen LogP contribution in [0.3, 0.4) is 0 Å². The summed E-state index contributed by atoms with van der Waals surface area (Å²) >= 11 is 0. The van der Waals surface area contributed by atoms with E-state index in [1.54, 1.807) is 12.1 Å². The van der Waals surface area contributed by atoms with Crippen LogP contribution in [0.25, 0.3) is 11.6 Å². The van der Waals surface area contributed by atoms with E-state index in [2.05, 4.69) is 36.2 Å². The summed E-state index contributed by atoms with van der Waals surface area (Å²) in [7, 11) is 9.88. The molecule has 0 fully saturated rings. The Kier molecular flexibility index (Phi) is 7.63. The molecule has 0 aromatic heterocycles. The van der Waals surface area contributed by atoms with E-state index in [4.69, 9.17) is 0 Å². The van der Waals surface area contributed by atoms with Gasteiger partial charge in [-0.05, 0) is 47.5 Å². The van der Waals surface area contributed by atoms with Crippen LogP contribution in [0.15, 0.2) is 96.6 Å². The molecule has 1 N–H and O–H groups in total. The third kappa shape index (κ3) is 5.96. The third-order valence-corrected chi connectivity index (χ3v) is 5.27. The van der Waals surface area contributed by atoms with Crippen molar-refractivity contribution in [1.29, 1.82) is 0 Å². The van der Waals surface area contributed by atoms with Crippen molar-refractivity contribution < 1.29 is 9.90 Å². The number of rotatable bonds is 7. The molecule has 0 saturated carbocycles. The normalized spacial score (nSPS) is 16.1. The Bertz CT molecular complexity index is 1080. The first-order valence-corrected chi connectivity index (χ1v) is 10.4. The van der Waals surface area contributed by atoms with E-state index in [1.807, 2.05) is 86.8 Å². The molecule has 2 aromatic rings. The highest BCUT2D eigenvalue weighted by Gasteiger charge is 2.11. The maximum atomic E-state index is 11.8.